The normalized spacial score (nSPS) is 15.0. The van der Waals surface area contributed by atoms with E-state index in [1.807, 2.05) is 0 Å². The Kier molecular flexibility index (Phi) is 5.54. The van der Waals surface area contributed by atoms with Crippen molar-refractivity contribution in [1.29, 1.82) is 0 Å². The van der Waals surface area contributed by atoms with Crippen LogP contribution in [0.15, 0.2) is 59.2 Å². The Balaban J connectivity index is 1.84. The summed E-state index contributed by atoms with van der Waals surface area (Å²) in [6, 6.07) is 12.4. The number of ether oxygens (including phenoxy) is 1. The van der Waals surface area contributed by atoms with Crippen LogP contribution in [0.25, 0.3) is 6.08 Å². The van der Waals surface area contributed by atoms with Crippen LogP contribution in [-0.2, 0) is 9.53 Å². The van der Waals surface area contributed by atoms with Crippen molar-refractivity contribution >= 4 is 35.0 Å². The number of amides is 1. The van der Waals surface area contributed by atoms with E-state index in [0.29, 0.717) is 28.1 Å². The number of nitrogens with zero attached hydrogens (tertiary/aromatic N) is 3. The van der Waals surface area contributed by atoms with Crippen LogP contribution < -0.4 is 5.01 Å². The van der Waals surface area contributed by atoms with Gasteiger partial charge in [-0.25, -0.2) is 4.79 Å². The number of nitro groups is 1. The van der Waals surface area contributed by atoms with Crippen LogP contribution in [-0.4, -0.2) is 28.6 Å². The summed E-state index contributed by atoms with van der Waals surface area (Å²) in [6.45, 7) is 5.22. The number of esters is 1. The molecule has 2 aromatic rings. The van der Waals surface area contributed by atoms with Crippen LogP contribution in [0.5, 0.6) is 0 Å². The Morgan fingerprint density at radius 3 is 2.52 bits per heavy atom. The Morgan fingerprint density at radius 2 is 1.90 bits per heavy atom. The Hall–Kier alpha value is -3.81. The van der Waals surface area contributed by atoms with Gasteiger partial charge in [0.15, 0.2) is 0 Å². The molecule has 1 heterocycles. The first-order chi connectivity index (χ1) is 13.8. The largest absolute Gasteiger partial charge is 0.459 e. The van der Waals surface area contributed by atoms with Crippen molar-refractivity contribution in [3.8, 4) is 0 Å². The Labute approximate surface area is 167 Å². The van der Waals surface area contributed by atoms with E-state index < -0.39 is 10.9 Å². The smallest absolute Gasteiger partial charge is 0.338 e. The molecule has 0 aromatic heterocycles. The molecule has 0 atom stereocenters. The predicted molar refractivity (Wildman–Crippen MR) is 109 cm³/mol. The minimum atomic E-state index is -0.489. The molecule has 0 bridgehead atoms. The fourth-order valence-electron chi connectivity index (χ4n) is 2.77. The second-order valence-electron chi connectivity index (χ2n) is 6.71. The van der Waals surface area contributed by atoms with Crippen LogP contribution in [0.4, 0.5) is 11.4 Å². The van der Waals surface area contributed by atoms with Gasteiger partial charge in [-0.15, -0.1) is 0 Å². The molecule has 3 rings (SSSR count). The quantitative estimate of drug-likeness (QED) is 0.331. The first-order valence-corrected chi connectivity index (χ1v) is 8.93. The average Bonchev–Trinajstić information content (AvgIpc) is 2.96. The van der Waals surface area contributed by atoms with Gasteiger partial charge in [0.25, 0.3) is 11.6 Å². The molecule has 0 radical (unpaired) electrons. The van der Waals surface area contributed by atoms with E-state index in [1.165, 1.54) is 17.1 Å². The van der Waals surface area contributed by atoms with E-state index in [1.54, 1.807) is 63.2 Å². The fraction of sp³-hybridized carbons (Fsp3) is 0.190. The van der Waals surface area contributed by atoms with E-state index >= 15 is 0 Å². The lowest BCUT2D eigenvalue weighted by Gasteiger charge is -2.13. The summed E-state index contributed by atoms with van der Waals surface area (Å²) in [4.78, 5) is 35.2. The van der Waals surface area contributed by atoms with E-state index in [2.05, 4.69) is 5.10 Å². The molecule has 2 aromatic carbocycles. The van der Waals surface area contributed by atoms with Gasteiger partial charge < -0.3 is 4.74 Å². The van der Waals surface area contributed by atoms with Gasteiger partial charge in [0, 0.05) is 12.1 Å². The third-order valence-corrected chi connectivity index (χ3v) is 4.14. The minimum Gasteiger partial charge on any atom is -0.459 e. The highest BCUT2D eigenvalue weighted by molar-refractivity contribution is 6.32. The van der Waals surface area contributed by atoms with Gasteiger partial charge in [-0.05, 0) is 56.7 Å². The number of hydrogen-bond donors (Lipinski definition) is 0. The molecule has 0 fully saturated rings. The minimum absolute atomic E-state index is 0.0554. The van der Waals surface area contributed by atoms with Gasteiger partial charge in [-0.2, -0.15) is 10.1 Å². The first kappa shape index (κ1) is 19.9. The SMILES string of the molecule is CC1=NN(c2ccc(C(=O)OC(C)C)cc2)C(=O)/C1=C\c1cccc([N+](=O)[O-])c1. The van der Waals surface area contributed by atoms with Crippen LogP contribution in [0.2, 0.25) is 0 Å². The van der Waals surface area contributed by atoms with E-state index in [-0.39, 0.29) is 17.7 Å². The molecular weight excluding hydrogens is 374 g/mol. The first-order valence-electron chi connectivity index (χ1n) is 8.93. The van der Waals surface area contributed by atoms with Crippen LogP contribution in [0.1, 0.15) is 36.7 Å². The lowest BCUT2D eigenvalue weighted by Crippen LogP contribution is -2.21. The van der Waals surface area contributed by atoms with Crippen molar-refractivity contribution in [3.05, 3.63) is 75.3 Å². The third kappa shape index (κ3) is 4.37. The van der Waals surface area contributed by atoms with Gasteiger partial charge in [0.2, 0.25) is 0 Å². The number of hydrazone groups is 1. The van der Waals surface area contributed by atoms with Crippen LogP contribution in [0, 0.1) is 10.1 Å². The monoisotopic (exact) mass is 393 g/mol. The Morgan fingerprint density at radius 1 is 1.21 bits per heavy atom. The van der Waals surface area contributed by atoms with Gasteiger partial charge in [-0.1, -0.05) is 12.1 Å². The molecule has 148 valence electrons. The lowest BCUT2D eigenvalue weighted by atomic mass is 10.1. The molecule has 8 heteroatoms. The fourth-order valence-corrected chi connectivity index (χ4v) is 2.77. The third-order valence-electron chi connectivity index (χ3n) is 4.14. The number of rotatable bonds is 5. The summed E-state index contributed by atoms with van der Waals surface area (Å²) in [6.07, 6.45) is 1.35. The van der Waals surface area contributed by atoms with Gasteiger partial charge in [0.05, 0.1) is 33.6 Å². The average molecular weight is 393 g/mol. The van der Waals surface area contributed by atoms with Crippen LogP contribution in [0.3, 0.4) is 0 Å². The summed E-state index contributed by atoms with van der Waals surface area (Å²) in [5.41, 5.74) is 2.18. The highest BCUT2D eigenvalue weighted by Crippen LogP contribution is 2.26. The molecule has 8 nitrogen and oxygen atoms in total. The van der Waals surface area contributed by atoms with Gasteiger partial charge >= 0.3 is 5.97 Å². The zero-order chi connectivity index (χ0) is 21.1. The number of non-ortho nitro benzene ring substituents is 1. The molecule has 1 aliphatic rings. The molecule has 0 saturated carbocycles. The molecule has 0 spiro atoms. The predicted octanol–water partition coefficient (Wildman–Crippen LogP) is 3.97. The van der Waals surface area contributed by atoms with E-state index in [0.717, 1.165) is 0 Å². The molecular formula is C21H19N3O5. The molecule has 1 aliphatic heterocycles. The molecule has 1 amide bonds. The van der Waals surface area contributed by atoms with Crippen molar-refractivity contribution in [1.82, 2.24) is 0 Å². The maximum Gasteiger partial charge on any atom is 0.338 e. The summed E-state index contributed by atoms with van der Waals surface area (Å²) < 4.78 is 5.15. The zero-order valence-electron chi connectivity index (χ0n) is 16.2. The van der Waals surface area contributed by atoms with Gasteiger partial charge in [0.1, 0.15) is 0 Å². The number of carbonyl (C=O) groups excluding carboxylic acids is 2. The number of benzene rings is 2. The molecule has 0 N–H and O–H groups in total. The van der Waals surface area contributed by atoms with Crippen LogP contribution >= 0.6 is 0 Å². The number of anilines is 1. The van der Waals surface area contributed by atoms with Gasteiger partial charge in [-0.3, -0.25) is 14.9 Å². The molecule has 29 heavy (non-hydrogen) atoms. The topological polar surface area (TPSA) is 102 Å². The standard InChI is InChI=1S/C21H19N3O5/c1-13(2)29-21(26)16-7-9-17(10-8-16)23-20(25)19(14(3)22-23)12-15-5-4-6-18(11-15)24(27)28/h4-13H,1-3H3/b19-12-. The van der Waals surface area contributed by atoms with Crippen molar-refractivity contribution < 1.29 is 19.2 Å². The second kappa shape index (κ2) is 8.05. The van der Waals surface area contributed by atoms with E-state index in [9.17, 15) is 19.7 Å². The lowest BCUT2D eigenvalue weighted by molar-refractivity contribution is -0.384. The highest BCUT2D eigenvalue weighted by Gasteiger charge is 2.29. The maximum absolute atomic E-state index is 12.8. The Bertz CT molecular complexity index is 1040. The molecule has 0 aliphatic carbocycles. The number of carbonyl (C=O) groups is 2. The number of hydrogen-bond acceptors (Lipinski definition) is 6. The van der Waals surface area contributed by atoms with Crippen molar-refractivity contribution in [2.75, 3.05) is 5.01 Å². The van der Waals surface area contributed by atoms with Crippen molar-refractivity contribution in [2.24, 2.45) is 5.10 Å². The van der Waals surface area contributed by atoms with Crippen molar-refractivity contribution in [3.63, 3.8) is 0 Å². The summed E-state index contributed by atoms with van der Waals surface area (Å²) in [5.74, 6) is -0.795. The van der Waals surface area contributed by atoms with E-state index in [4.69, 9.17) is 4.74 Å². The number of nitro benzene ring substituents is 1. The maximum atomic E-state index is 12.8. The highest BCUT2D eigenvalue weighted by atomic mass is 16.6. The zero-order valence-corrected chi connectivity index (χ0v) is 16.2. The van der Waals surface area contributed by atoms with Crippen molar-refractivity contribution in [2.45, 2.75) is 26.9 Å². The molecule has 0 saturated heterocycles. The summed E-state index contributed by atoms with van der Waals surface area (Å²) >= 11 is 0. The molecule has 0 unspecified atom stereocenters. The second-order valence-corrected chi connectivity index (χ2v) is 6.71. The summed E-state index contributed by atoms with van der Waals surface area (Å²) in [5, 5.41) is 16.5. The summed E-state index contributed by atoms with van der Waals surface area (Å²) in [7, 11) is 0.